The van der Waals surface area contributed by atoms with E-state index in [1.165, 1.54) is 12.8 Å². The van der Waals surface area contributed by atoms with E-state index in [1.54, 1.807) is 6.92 Å². The van der Waals surface area contributed by atoms with E-state index in [2.05, 4.69) is 10.2 Å². The van der Waals surface area contributed by atoms with Crippen molar-refractivity contribution in [2.45, 2.75) is 53.1 Å². The van der Waals surface area contributed by atoms with E-state index in [1.807, 2.05) is 44.2 Å². The summed E-state index contributed by atoms with van der Waals surface area (Å²) in [5.74, 6) is 0.817. The number of hydrogen-bond donors (Lipinski definition) is 0. The monoisotopic (exact) mass is 279 g/mol. The van der Waals surface area contributed by atoms with Gasteiger partial charge in [-0.1, -0.05) is 57.0 Å². The van der Waals surface area contributed by atoms with E-state index in [-0.39, 0.29) is 6.61 Å². The van der Waals surface area contributed by atoms with Crippen molar-refractivity contribution in [3.8, 4) is 0 Å². The lowest BCUT2D eigenvalue weighted by Gasteiger charge is -1.99. The van der Waals surface area contributed by atoms with E-state index >= 15 is 0 Å². The van der Waals surface area contributed by atoms with Crippen LogP contribution < -0.4 is 0 Å². The summed E-state index contributed by atoms with van der Waals surface area (Å²) in [6.07, 6.45) is 4.83. The number of carbonyl (C=O) groups is 1. The van der Waals surface area contributed by atoms with Crippen LogP contribution in [-0.2, 0) is 16.2 Å². The predicted molar refractivity (Wildman–Crippen MR) is 81.0 cm³/mol. The third-order valence-corrected chi connectivity index (χ3v) is 3.06. The first-order valence-corrected chi connectivity index (χ1v) is 7.23. The van der Waals surface area contributed by atoms with E-state index in [0.717, 1.165) is 18.4 Å². The zero-order valence-corrected chi connectivity index (χ0v) is 12.7. The number of hydrogen-bond acceptors (Lipinski definition) is 4. The van der Waals surface area contributed by atoms with Gasteiger partial charge in [-0.3, -0.25) is 4.79 Å². The largest absolute Gasteiger partial charge is 0.359 e. The van der Waals surface area contributed by atoms with Gasteiger partial charge in [-0.15, -0.1) is 4.91 Å². The van der Waals surface area contributed by atoms with Crippen molar-refractivity contribution in [3.05, 3.63) is 40.8 Å². The first-order chi connectivity index (χ1) is 9.74. The summed E-state index contributed by atoms with van der Waals surface area (Å²) >= 11 is 0. The maximum Gasteiger partial charge on any atom is 0.155 e. The Morgan fingerprint density at radius 2 is 1.75 bits per heavy atom. The highest BCUT2D eigenvalue weighted by molar-refractivity contribution is 5.78. The van der Waals surface area contributed by atoms with Crippen molar-refractivity contribution < 1.29 is 9.63 Å². The Hall–Kier alpha value is -1.71. The summed E-state index contributed by atoms with van der Waals surface area (Å²) in [6, 6.07) is 9.39. The molecule has 0 aliphatic heterocycles. The zero-order chi connectivity index (χ0) is 15.2. The highest BCUT2D eigenvalue weighted by Gasteiger charge is 2.18. The minimum atomic E-state index is 0.254. The Balaban J connectivity index is 0.000000327. The highest BCUT2D eigenvalue weighted by atomic mass is 16.7. The lowest BCUT2D eigenvalue weighted by molar-refractivity contribution is -0.120. The first kappa shape index (κ1) is 18.3. The SMILES string of the molecule is CC.CC(=O)C1CCCC1.O=NOCc1ccccc1. The summed E-state index contributed by atoms with van der Waals surface area (Å²) in [5.41, 5.74) is 0.946. The van der Waals surface area contributed by atoms with Gasteiger partial charge in [-0.05, 0) is 25.3 Å². The molecule has 2 rings (SSSR count). The minimum absolute atomic E-state index is 0.254. The second kappa shape index (κ2) is 12.3. The van der Waals surface area contributed by atoms with Crippen LogP contribution in [-0.4, -0.2) is 5.78 Å². The molecule has 1 aliphatic rings. The van der Waals surface area contributed by atoms with Crippen LogP contribution in [0.15, 0.2) is 35.7 Å². The maximum absolute atomic E-state index is 10.6. The first-order valence-electron chi connectivity index (χ1n) is 7.23. The van der Waals surface area contributed by atoms with Crippen LogP contribution in [0.3, 0.4) is 0 Å². The fourth-order valence-corrected chi connectivity index (χ4v) is 2.01. The zero-order valence-electron chi connectivity index (χ0n) is 12.7. The highest BCUT2D eigenvalue weighted by Crippen LogP contribution is 2.24. The van der Waals surface area contributed by atoms with Gasteiger partial charge in [0.05, 0.1) is 0 Å². The van der Waals surface area contributed by atoms with Crippen molar-refractivity contribution in [1.29, 1.82) is 0 Å². The molecular formula is C16H25NO3. The number of nitrogens with zero attached hydrogens (tertiary/aromatic N) is 1. The smallest absolute Gasteiger partial charge is 0.155 e. The van der Waals surface area contributed by atoms with Crippen molar-refractivity contribution in [1.82, 2.24) is 0 Å². The second-order valence-electron chi connectivity index (χ2n) is 4.43. The topological polar surface area (TPSA) is 55.7 Å². The normalized spacial score (nSPS) is 13.3. The van der Waals surface area contributed by atoms with E-state index in [9.17, 15) is 9.70 Å². The molecule has 1 aromatic carbocycles. The summed E-state index contributed by atoms with van der Waals surface area (Å²) in [5, 5.41) is 2.28. The molecule has 0 saturated heterocycles. The summed E-state index contributed by atoms with van der Waals surface area (Å²) in [6.45, 7) is 5.96. The van der Waals surface area contributed by atoms with E-state index in [0.29, 0.717) is 11.7 Å². The molecule has 1 aromatic rings. The third-order valence-electron chi connectivity index (χ3n) is 3.06. The molecule has 0 amide bonds. The van der Waals surface area contributed by atoms with Gasteiger partial charge in [0, 0.05) is 5.92 Å². The molecule has 0 aromatic heterocycles. The maximum atomic E-state index is 10.6. The van der Waals surface area contributed by atoms with Gasteiger partial charge in [0.1, 0.15) is 12.4 Å². The van der Waals surface area contributed by atoms with E-state index in [4.69, 9.17) is 0 Å². The predicted octanol–water partition coefficient (Wildman–Crippen LogP) is 4.68. The lowest BCUT2D eigenvalue weighted by Crippen LogP contribution is -2.04. The number of Topliss-reactive ketones (excluding diaryl/α,β-unsaturated/α-hetero) is 1. The van der Waals surface area contributed by atoms with Gasteiger partial charge in [-0.25, -0.2) is 0 Å². The molecule has 0 atom stereocenters. The van der Waals surface area contributed by atoms with Gasteiger partial charge < -0.3 is 4.84 Å². The molecule has 0 heterocycles. The molecule has 4 heteroatoms. The number of benzene rings is 1. The molecule has 4 nitrogen and oxygen atoms in total. The molecule has 0 radical (unpaired) electrons. The van der Waals surface area contributed by atoms with Crippen LogP contribution in [0.2, 0.25) is 0 Å². The Morgan fingerprint density at radius 1 is 1.20 bits per heavy atom. The quantitative estimate of drug-likeness (QED) is 0.594. The van der Waals surface area contributed by atoms with Gasteiger partial charge in [0.25, 0.3) is 0 Å². The molecule has 20 heavy (non-hydrogen) atoms. The summed E-state index contributed by atoms with van der Waals surface area (Å²) in [4.78, 5) is 24.4. The summed E-state index contributed by atoms with van der Waals surface area (Å²) < 4.78 is 0. The van der Waals surface area contributed by atoms with Gasteiger partial charge in [0.2, 0.25) is 0 Å². The van der Waals surface area contributed by atoms with Crippen LogP contribution in [0.5, 0.6) is 0 Å². The van der Waals surface area contributed by atoms with Gasteiger partial charge >= 0.3 is 0 Å². The molecule has 112 valence electrons. The van der Waals surface area contributed by atoms with Gasteiger partial charge in [0.15, 0.2) is 5.34 Å². The fourth-order valence-electron chi connectivity index (χ4n) is 2.01. The lowest BCUT2D eigenvalue weighted by atomic mass is 10.0. The second-order valence-corrected chi connectivity index (χ2v) is 4.43. The summed E-state index contributed by atoms with van der Waals surface area (Å²) in [7, 11) is 0. The van der Waals surface area contributed by atoms with Crippen molar-refractivity contribution in [2.75, 3.05) is 0 Å². The Morgan fingerprint density at radius 3 is 2.15 bits per heavy atom. The molecular weight excluding hydrogens is 254 g/mol. The standard InChI is InChI=1S/C7H7NO2.C7H12O.C2H6/c9-8-10-6-7-4-2-1-3-5-7;1-6(8)7-4-2-3-5-7;1-2/h1-5H,6H2;7H,2-5H2,1H3;1-2H3. The van der Waals surface area contributed by atoms with Crippen molar-refractivity contribution in [3.63, 3.8) is 0 Å². The molecule has 1 fully saturated rings. The molecule has 0 N–H and O–H groups in total. The molecule has 0 spiro atoms. The number of carbonyl (C=O) groups excluding carboxylic acids is 1. The molecule has 0 unspecified atom stereocenters. The average Bonchev–Trinajstić information content (AvgIpc) is 3.03. The number of ketones is 1. The Labute approximate surface area is 121 Å². The Kier molecular flexibility index (Phi) is 11.3. The van der Waals surface area contributed by atoms with E-state index < -0.39 is 0 Å². The van der Waals surface area contributed by atoms with Crippen LogP contribution in [0.25, 0.3) is 0 Å². The Bertz CT molecular complexity index is 359. The van der Waals surface area contributed by atoms with Crippen LogP contribution in [0.4, 0.5) is 0 Å². The average molecular weight is 279 g/mol. The van der Waals surface area contributed by atoms with Gasteiger partial charge in [-0.2, -0.15) is 0 Å². The third kappa shape index (κ3) is 8.40. The van der Waals surface area contributed by atoms with Crippen molar-refractivity contribution >= 4 is 5.78 Å². The molecule has 0 bridgehead atoms. The fraction of sp³-hybridized carbons (Fsp3) is 0.562. The minimum Gasteiger partial charge on any atom is -0.359 e. The van der Waals surface area contributed by atoms with Crippen LogP contribution in [0, 0.1) is 10.8 Å². The van der Waals surface area contributed by atoms with Crippen molar-refractivity contribution in [2.24, 2.45) is 11.3 Å². The number of rotatable bonds is 4. The molecule has 1 aliphatic carbocycles. The molecule has 1 saturated carbocycles. The van der Waals surface area contributed by atoms with Crippen LogP contribution >= 0.6 is 0 Å². The van der Waals surface area contributed by atoms with Crippen LogP contribution in [0.1, 0.15) is 52.0 Å².